The van der Waals surface area contributed by atoms with Crippen LogP contribution in [0.3, 0.4) is 0 Å². The lowest BCUT2D eigenvalue weighted by molar-refractivity contribution is 0.538. The van der Waals surface area contributed by atoms with Gasteiger partial charge < -0.3 is 0 Å². The molecular weight excluding hydrogens is 192 g/mol. The average molecular weight is 224 g/mol. The van der Waals surface area contributed by atoms with Crippen molar-refractivity contribution in [3.05, 3.63) is 12.2 Å². The Morgan fingerprint density at radius 1 is 0.812 bits per heavy atom. The van der Waals surface area contributed by atoms with Crippen LogP contribution < -0.4 is 0 Å². The van der Waals surface area contributed by atoms with Crippen LogP contribution in [-0.4, -0.2) is 0 Å². The molecule has 0 nitrogen and oxygen atoms in total. The Kier molecular flexibility index (Phi) is 12.6. The second kappa shape index (κ2) is 12.8. The van der Waals surface area contributed by atoms with E-state index in [1.807, 2.05) is 0 Å². The van der Waals surface area contributed by atoms with E-state index in [1.54, 1.807) is 0 Å². The van der Waals surface area contributed by atoms with E-state index < -0.39 is 0 Å². The summed E-state index contributed by atoms with van der Waals surface area (Å²) in [5.74, 6) is 0.843. The zero-order chi connectivity index (χ0) is 12.1. The number of hydrogen-bond donors (Lipinski definition) is 0. The molecule has 1 atom stereocenters. The first kappa shape index (κ1) is 15.7. The molecule has 0 heteroatoms. The molecule has 0 radical (unpaired) electrons. The highest BCUT2D eigenvalue weighted by molar-refractivity contribution is 4.87. The van der Waals surface area contributed by atoms with Crippen LogP contribution in [0.15, 0.2) is 12.2 Å². The Morgan fingerprint density at radius 3 is 2.12 bits per heavy atom. The van der Waals surface area contributed by atoms with Gasteiger partial charge in [-0.15, -0.1) is 0 Å². The van der Waals surface area contributed by atoms with E-state index in [0.29, 0.717) is 0 Å². The van der Waals surface area contributed by atoms with Crippen molar-refractivity contribution in [2.45, 2.75) is 85.0 Å². The van der Waals surface area contributed by atoms with Gasteiger partial charge in [0.25, 0.3) is 0 Å². The van der Waals surface area contributed by atoms with Crippen LogP contribution in [0.2, 0.25) is 0 Å². The Hall–Kier alpha value is -0.260. The fraction of sp³-hybridized carbons (Fsp3) is 0.875. The van der Waals surface area contributed by atoms with Gasteiger partial charge in [0.15, 0.2) is 0 Å². The quantitative estimate of drug-likeness (QED) is 0.293. The van der Waals surface area contributed by atoms with Crippen molar-refractivity contribution < 1.29 is 0 Å². The first-order valence-electron chi connectivity index (χ1n) is 7.51. The zero-order valence-electron chi connectivity index (χ0n) is 11.8. The summed E-state index contributed by atoms with van der Waals surface area (Å²) in [5.41, 5.74) is 0. The SMILES string of the molecule is CCCCCCC/C=C\C(CC)CCCC. The van der Waals surface area contributed by atoms with Gasteiger partial charge in [0.2, 0.25) is 0 Å². The van der Waals surface area contributed by atoms with Crippen LogP contribution in [0, 0.1) is 5.92 Å². The number of hydrogen-bond acceptors (Lipinski definition) is 0. The van der Waals surface area contributed by atoms with Crippen molar-refractivity contribution in [2.24, 2.45) is 5.92 Å². The maximum atomic E-state index is 2.47. The maximum absolute atomic E-state index is 2.47. The fourth-order valence-electron chi connectivity index (χ4n) is 2.06. The molecule has 0 aromatic heterocycles. The number of unbranched alkanes of at least 4 members (excludes halogenated alkanes) is 6. The molecule has 0 heterocycles. The number of rotatable bonds is 11. The molecule has 0 rings (SSSR count). The van der Waals surface area contributed by atoms with E-state index in [-0.39, 0.29) is 0 Å². The van der Waals surface area contributed by atoms with Crippen LogP contribution in [0.1, 0.15) is 85.0 Å². The van der Waals surface area contributed by atoms with Crippen LogP contribution >= 0.6 is 0 Å². The highest BCUT2D eigenvalue weighted by Gasteiger charge is 1.99. The minimum absolute atomic E-state index is 0.843. The molecule has 1 unspecified atom stereocenters. The van der Waals surface area contributed by atoms with Crippen LogP contribution in [0.25, 0.3) is 0 Å². The topological polar surface area (TPSA) is 0 Å². The molecule has 0 aromatic carbocycles. The summed E-state index contributed by atoms with van der Waals surface area (Å²) < 4.78 is 0. The van der Waals surface area contributed by atoms with Crippen molar-refractivity contribution in [1.29, 1.82) is 0 Å². The van der Waals surface area contributed by atoms with Crippen molar-refractivity contribution in [3.63, 3.8) is 0 Å². The molecule has 0 aliphatic heterocycles. The molecule has 0 amide bonds. The largest absolute Gasteiger partial charge is 0.0883 e. The lowest BCUT2D eigenvalue weighted by Crippen LogP contribution is -1.93. The maximum Gasteiger partial charge on any atom is -0.0236 e. The van der Waals surface area contributed by atoms with E-state index in [1.165, 1.54) is 64.2 Å². The minimum Gasteiger partial charge on any atom is -0.0883 e. The van der Waals surface area contributed by atoms with Gasteiger partial charge in [-0.3, -0.25) is 0 Å². The van der Waals surface area contributed by atoms with E-state index in [9.17, 15) is 0 Å². The molecule has 0 aromatic rings. The summed E-state index contributed by atoms with van der Waals surface area (Å²) in [6.45, 7) is 6.87. The van der Waals surface area contributed by atoms with Crippen LogP contribution in [0.4, 0.5) is 0 Å². The van der Waals surface area contributed by atoms with Crippen LogP contribution in [-0.2, 0) is 0 Å². The van der Waals surface area contributed by atoms with E-state index in [0.717, 1.165) is 5.92 Å². The molecule has 0 aliphatic carbocycles. The van der Waals surface area contributed by atoms with Gasteiger partial charge in [-0.1, -0.05) is 71.4 Å². The highest BCUT2D eigenvalue weighted by Crippen LogP contribution is 2.15. The molecule has 0 saturated heterocycles. The standard InChI is InChI=1S/C16H32/c1-4-7-9-10-11-12-13-15-16(6-3)14-8-5-2/h13,15-16H,4-12,14H2,1-3H3/b15-13-. The molecule has 0 fully saturated rings. The molecular formula is C16H32. The monoisotopic (exact) mass is 224 g/mol. The van der Waals surface area contributed by atoms with Gasteiger partial charge in [-0.25, -0.2) is 0 Å². The summed E-state index contributed by atoms with van der Waals surface area (Å²) in [4.78, 5) is 0. The van der Waals surface area contributed by atoms with Crippen LogP contribution in [0.5, 0.6) is 0 Å². The predicted molar refractivity (Wildman–Crippen MR) is 75.8 cm³/mol. The van der Waals surface area contributed by atoms with Crippen molar-refractivity contribution in [1.82, 2.24) is 0 Å². The Labute approximate surface area is 104 Å². The third kappa shape index (κ3) is 10.3. The smallest absolute Gasteiger partial charge is 0.0236 e. The van der Waals surface area contributed by atoms with E-state index >= 15 is 0 Å². The van der Waals surface area contributed by atoms with Gasteiger partial charge in [-0.2, -0.15) is 0 Å². The van der Waals surface area contributed by atoms with E-state index in [4.69, 9.17) is 0 Å². The predicted octanol–water partition coefficient (Wildman–Crippen LogP) is 6.12. The summed E-state index contributed by atoms with van der Waals surface area (Å²) >= 11 is 0. The summed E-state index contributed by atoms with van der Waals surface area (Å²) in [5, 5.41) is 0. The first-order chi connectivity index (χ1) is 7.85. The summed E-state index contributed by atoms with van der Waals surface area (Å²) in [6.07, 6.45) is 18.6. The molecule has 0 spiro atoms. The minimum atomic E-state index is 0.843. The lowest BCUT2D eigenvalue weighted by Gasteiger charge is -2.08. The highest BCUT2D eigenvalue weighted by atomic mass is 14.1. The second-order valence-electron chi connectivity index (χ2n) is 4.94. The van der Waals surface area contributed by atoms with Crippen molar-refractivity contribution in [2.75, 3.05) is 0 Å². The fourth-order valence-corrected chi connectivity index (χ4v) is 2.06. The Bertz CT molecular complexity index is 146. The van der Waals surface area contributed by atoms with Gasteiger partial charge in [0.05, 0.1) is 0 Å². The zero-order valence-corrected chi connectivity index (χ0v) is 11.8. The van der Waals surface area contributed by atoms with Crippen molar-refractivity contribution in [3.8, 4) is 0 Å². The molecule has 0 N–H and O–H groups in total. The van der Waals surface area contributed by atoms with Gasteiger partial charge >= 0.3 is 0 Å². The molecule has 96 valence electrons. The molecule has 0 aliphatic rings. The average Bonchev–Trinajstić information content (AvgIpc) is 2.32. The molecule has 16 heavy (non-hydrogen) atoms. The molecule has 0 bridgehead atoms. The molecule has 0 saturated carbocycles. The Balaban J connectivity index is 3.40. The Morgan fingerprint density at radius 2 is 1.50 bits per heavy atom. The normalized spacial score (nSPS) is 13.4. The van der Waals surface area contributed by atoms with Gasteiger partial charge in [-0.05, 0) is 31.6 Å². The van der Waals surface area contributed by atoms with Gasteiger partial charge in [0, 0.05) is 0 Å². The second-order valence-corrected chi connectivity index (χ2v) is 4.94. The third-order valence-electron chi connectivity index (χ3n) is 3.34. The summed E-state index contributed by atoms with van der Waals surface area (Å²) in [7, 11) is 0. The van der Waals surface area contributed by atoms with Crippen molar-refractivity contribution >= 4 is 0 Å². The lowest BCUT2D eigenvalue weighted by atomic mass is 9.98. The summed E-state index contributed by atoms with van der Waals surface area (Å²) in [6, 6.07) is 0. The third-order valence-corrected chi connectivity index (χ3v) is 3.34. The first-order valence-corrected chi connectivity index (χ1v) is 7.51. The number of allylic oxidation sites excluding steroid dienone is 2. The van der Waals surface area contributed by atoms with Gasteiger partial charge in [0.1, 0.15) is 0 Å². The van der Waals surface area contributed by atoms with E-state index in [2.05, 4.69) is 32.9 Å².